The summed E-state index contributed by atoms with van der Waals surface area (Å²) in [5, 5.41) is 8.34. The molecule has 14 heavy (non-hydrogen) atoms. The number of nitrogens with zero attached hydrogens (tertiary/aromatic N) is 1. The van der Waals surface area contributed by atoms with Crippen molar-refractivity contribution in [2.24, 2.45) is 0 Å². The van der Waals surface area contributed by atoms with Crippen LogP contribution in [0.15, 0.2) is 24.3 Å². The van der Waals surface area contributed by atoms with E-state index < -0.39 is 5.97 Å². The third-order valence-corrected chi connectivity index (χ3v) is 1.70. The lowest BCUT2D eigenvalue weighted by Gasteiger charge is -2.11. The molecular formula is C11H11NO2. The molecule has 1 aromatic rings. The van der Waals surface area contributed by atoms with Crippen molar-refractivity contribution in [2.45, 2.75) is 0 Å². The number of anilines is 1. The summed E-state index contributed by atoms with van der Waals surface area (Å²) >= 11 is 0. The standard InChI is InChI=1S/C11H11NO2/c1-12(2)10-6-3-9(4-7-10)5-8-11(13)14/h3-4,6-7H,1-2H3,(H,13,14). The molecule has 0 saturated carbocycles. The van der Waals surface area contributed by atoms with Gasteiger partial charge in [-0.3, -0.25) is 0 Å². The lowest BCUT2D eigenvalue weighted by Crippen LogP contribution is -2.07. The Kier molecular flexibility index (Phi) is 3.14. The lowest BCUT2D eigenvalue weighted by atomic mass is 10.2. The van der Waals surface area contributed by atoms with Gasteiger partial charge in [-0.1, -0.05) is 5.92 Å². The predicted octanol–water partition coefficient (Wildman–Crippen LogP) is 1.19. The Morgan fingerprint density at radius 1 is 1.29 bits per heavy atom. The second kappa shape index (κ2) is 4.33. The van der Waals surface area contributed by atoms with E-state index in [2.05, 4.69) is 11.8 Å². The first kappa shape index (κ1) is 10.1. The van der Waals surface area contributed by atoms with Gasteiger partial charge in [0.2, 0.25) is 0 Å². The van der Waals surface area contributed by atoms with Crippen molar-refractivity contribution >= 4 is 11.7 Å². The fraction of sp³-hybridized carbons (Fsp3) is 0.182. The molecule has 0 radical (unpaired) electrons. The van der Waals surface area contributed by atoms with Crippen LogP contribution in [0.2, 0.25) is 0 Å². The van der Waals surface area contributed by atoms with Crippen LogP contribution in [0.5, 0.6) is 0 Å². The van der Waals surface area contributed by atoms with Gasteiger partial charge in [-0.25, -0.2) is 4.79 Å². The van der Waals surface area contributed by atoms with Gasteiger partial charge >= 0.3 is 5.97 Å². The third kappa shape index (κ3) is 2.83. The Labute approximate surface area is 83.0 Å². The van der Waals surface area contributed by atoms with E-state index in [9.17, 15) is 4.79 Å². The smallest absolute Gasteiger partial charge is 0.382 e. The van der Waals surface area contributed by atoms with E-state index in [1.165, 1.54) is 0 Å². The highest BCUT2D eigenvalue weighted by molar-refractivity contribution is 5.87. The lowest BCUT2D eigenvalue weighted by molar-refractivity contribution is -0.130. The van der Waals surface area contributed by atoms with E-state index in [1.807, 2.05) is 31.1 Å². The summed E-state index contributed by atoms with van der Waals surface area (Å²) in [5.41, 5.74) is 1.77. The minimum Gasteiger partial charge on any atom is -0.472 e. The first-order valence-electron chi connectivity index (χ1n) is 4.12. The zero-order valence-corrected chi connectivity index (χ0v) is 8.11. The molecule has 0 aromatic heterocycles. The van der Waals surface area contributed by atoms with Crippen molar-refractivity contribution in [3.05, 3.63) is 29.8 Å². The molecule has 0 aliphatic carbocycles. The molecule has 1 aromatic carbocycles. The minimum atomic E-state index is -1.11. The number of benzene rings is 1. The molecular weight excluding hydrogens is 178 g/mol. The molecule has 0 spiro atoms. The second-order valence-corrected chi connectivity index (χ2v) is 3.00. The molecule has 3 heteroatoms. The van der Waals surface area contributed by atoms with Gasteiger partial charge in [-0.15, -0.1) is 0 Å². The molecule has 0 aliphatic rings. The van der Waals surface area contributed by atoms with Gasteiger partial charge in [0.1, 0.15) is 0 Å². The minimum absolute atomic E-state index is 0.706. The molecule has 0 amide bonds. The molecule has 3 nitrogen and oxygen atoms in total. The van der Waals surface area contributed by atoms with E-state index >= 15 is 0 Å². The predicted molar refractivity (Wildman–Crippen MR) is 55.3 cm³/mol. The topological polar surface area (TPSA) is 40.5 Å². The summed E-state index contributed by atoms with van der Waals surface area (Å²) in [4.78, 5) is 12.1. The molecule has 1 N–H and O–H groups in total. The van der Waals surface area contributed by atoms with Crippen LogP contribution >= 0.6 is 0 Å². The number of carbonyl (C=O) groups is 1. The van der Waals surface area contributed by atoms with Gasteiger partial charge in [0, 0.05) is 31.3 Å². The average molecular weight is 189 g/mol. The van der Waals surface area contributed by atoms with Gasteiger partial charge in [0.25, 0.3) is 0 Å². The number of hydrogen-bond acceptors (Lipinski definition) is 2. The molecule has 0 bridgehead atoms. The van der Waals surface area contributed by atoms with Crippen LogP contribution in [-0.4, -0.2) is 25.2 Å². The fourth-order valence-electron chi connectivity index (χ4n) is 0.969. The summed E-state index contributed by atoms with van der Waals surface area (Å²) in [6, 6.07) is 7.38. The summed E-state index contributed by atoms with van der Waals surface area (Å²) in [6.07, 6.45) is 0. The van der Waals surface area contributed by atoms with Crippen LogP contribution in [-0.2, 0) is 4.79 Å². The van der Waals surface area contributed by atoms with Crippen LogP contribution in [0, 0.1) is 11.8 Å². The Balaban J connectivity index is 2.85. The van der Waals surface area contributed by atoms with Gasteiger partial charge in [0.05, 0.1) is 0 Å². The summed E-state index contributed by atoms with van der Waals surface area (Å²) < 4.78 is 0. The van der Waals surface area contributed by atoms with E-state index in [0.29, 0.717) is 5.56 Å². The van der Waals surface area contributed by atoms with E-state index in [1.54, 1.807) is 12.1 Å². The zero-order chi connectivity index (χ0) is 10.6. The normalized spacial score (nSPS) is 8.71. The van der Waals surface area contributed by atoms with Gasteiger partial charge < -0.3 is 10.0 Å². The first-order valence-corrected chi connectivity index (χ1v) is 4.12. The van der Waals surface area contributed by atoms with Crippen molar-refractivity contribution in [3.8, 4) is 11.8 Å². The highest BCUT2D eigenvalue weighted by Crippen LogP contribution is 2.11. The number of rotatable bonds is 1. The average Bonchev–Trinajstić information content (AvgIpc) is 2.15. The Morgan fingerprint density at radius 3 is 2.29 bits per heavy atom. The molecule has 0 fully saturated rings. The van der Waals surface area contributed by atoms with Gasteiger partial charge in [-0.2, -0.15) is 0 Å². The third-order valence-electron chi connectivity index (χ3n) is 1.70. The van der Waals surface area contributed by atoms with Crippen molar-refractivity contribution in [2.75, 3.05) is 19.0 Å². The van der Waals surface area contributed by atoms with Crippen LogP contribution in [0.25, 0.3) is 0 Å². The number of hydrogen-bond donors (Lipinski definition) is 1. The Bertz CT molecular complexity index is 382. The SMILES string of the molecule is CN(C)c1ccc(C#CC(=O)O)cc1. The first-order chi connectivity index (χ1) is 6.59. The highest BCUT2D eigenvalue weighted by Gasteiger charge is 1.93. The Hall–Kier alpha value is -1.95. The molecule has 0 heterocycles. The van der Waals surface area contributed by atoms with E-state index in [4.69, 9.17) is 5.11 Å². The number of aliphatic carboxylic acids is 1. The molecule has 1 rings (SSSR count). The maximum absolute atomic E-state index is 10.2. The summed E-state index contributed by atoms with van der Waals surface area (Å²) in [7, 11) is 3.88. The van der Waals surface area contributed by atoms with Crippen molar-refractivity contribution in [1.82, 2.24) is 0 Å². The molecule has 0 saturated heterocycles. The van der Waals surface area contributed by atoms with Gasteiger partial charge in [-0.05, 0) is 24.3 Å². The number of carboxylic acids is 1. The quantitative estimate of drug-likeness (QED) is 0.674. The number of carboxylic acid groups (broad SMARTS) is 1. The van der Waals surface area contributed by atoms with E-state index in [-0.39, 0.29) is 0 Å². The van der Waals surface area contributed by atoms with E-state index in [0.717, 1.165) is 5.69 Å². The maximum Gasteiger partial charge on any atom is 0.382 e. The monoisotopic (exact) mass is 189 g/mol. The molecule has 0 atom stereocenters. The zero-order valence-electron chi connectivity index (χ0n) is 8.11. The van der Waals surface area contributed by atoms with Gasteiger partial charge in [0.15, 0.2) is 0 Å². The van der Waals surface area contributed by atoms with Crippen molar-refractivity contribution in [1.29, 1.82) is 0 Å². The molecule has 0 aliphatic heterocycles. The highest BCUT2D eigenvalue weighted by atomic mass is 16.4. The Morgan fingerprint density at radius 2 is 1.86 bits per heavy atom. The van der Waals surface area contributed by atoms with Crippen LogP contribution in [0.3, 0.4) is 0 Å². The fourth-order valence-corrected chi connectivity index (χ4v) is 0.969. The summed E-state index contributed by atoms with van der Waals surface area (Å²) in [6.45, 7) is 0. The van der Waals surface area contributed by atoms with Crippen molar-refractivity contribution in [3.63, 3.8) is 0 Å². The molecule has 0 unspecified atom stereocenters. The maximum atomic E-state index is 10.2. The molecule has 72 valence electrons. The second-order valence-electron chi connectivity index (χ2n) is 3.00. The largest absolute Gasteiger partial charge is 0.472 e. The van der Waals surface area contributed by atoms with Crippen molar-refractivity contribution < 1.29 is 9.90 Å². The summed E-state index contributed by atoms with van der Waals surface area (Å²) in [5.74, 6) is 3.50. The van der Waals surface area contributed by atoms with Crippen LogP contribution in [0.4, 0.5) is 5.69 Å². The van der Waals surface area contributed by atoms with Crippen LogP contribution < -0.4 is 4.90 Å². The van der Waals surface area contributed by atoms with Crippen LogP contribution in [0.1, 0.15) is 5.56 Å².